The van der Waals surface area contributed by atoms with Crippen LogP contribution >= 0.6 is 15.9 Å². The fraction of sp³-hybridized carbons (Fsp3) is 0.200. The van der Waals surface area contributed by atoms with Crippen molar-refractivity contribution in [3.63, 3.8) is 0 Å². The maximum absolute atomic E-state index is 12.3. The second-order valence-corrected chi connectivity index (χ2v) is 4.92. The summed E-state index contributed by atoms with van der Waals surface area (Å²) in [7, 11) is 0. The molecule has 1 aromatic heterocycles. The van der Waals surface area contributed by atoms with Crippen molar-refractivity contribution in [3.8, 4) is 6.07 Å². The van der Waals surface area contributed by atoms with E-state index in [4.69, 9.17) is 4.42 Å². The number of rotatable bonds is 4. The maximum atomic E-state index is 12.3. The van der Waals surface area contributed by atoms with Gasteiger partial charge in [0.15, 0.2) is 5.76 Å². The summed E-state index contributed by atoms with van der Waals surface area (Å²) >= 11 is 3.36. The third-order valence-electron chi connectivity index (χ3n) is 2.86. The van der Waals surface area contributed by atoms with Crippen molar-refractivity contribution in [2.24, 2.45) is 0 Å². The molecule has 3 nitrogen and oxygen atoms in total. The highest BCUT2D eigenvalue weighted by Gasteiger charge is 2.25. The van der Waals surface area contributed by atoms with E-state index >= 15 is 0 Å². The first kappa shape index (κ1) is 13.6. The lowest BCUT2D eigenvalue weighted by molar-refractivity contribution is 0.0950. The average molecular weight is 318 g/mol. The molecule has 1 heterocycles. The number of nitrogens with zero attached hydrogens (tertiary/aromatic N) is 1. The van der Waals surface area contributed by atoms with E-state index in [9.17, 15) is 10.1 Å². The van der Waals surface area contributed by atoms with Gasteiger partial charge in [-0.3, -0.25) is 4.79 Å². The van der Waals surface area contributed by atoms with Crippen LogP contribution in [0, 0.1) is 11.3 Å². The molecule has 2 aromatic rings. The van der Waals surface area contributed by atoms with Gasteiger partial charge in [-0.15, -0.1) is 0 Å². The summed E-state index contributed by atoms with van der Waals surface area (Å²) in [6, 6.07) is 12.7. The number of hydrogen-bond acceptors (Lipinski definition) is 3. The second kappa shape index (κ2) is 5.85. The first-order valence-electron chi connectivity index (χ1n) is 5.94. The summed E-state index contributed by atoms with van der Waals surface area (Å²) < 4.78 is 6.17. The Labute approximate surface area is 120 Å². The van der Waals surface area contributed by atoms with Crippen LogP contribution in [0.2, 0.25) is 0 Å². The smallest absolute Gasteiger partial charge is 0.219 e. The van der Waals surface area contributed by atoms with Crippen LogP contribution in [0.15, 0.2) is 45.3 Å². The monoisotopic (exact) mass is 317 g/mol. The SMILES string of the molecule is CCc1ccc(C(=O)C(C#N)c2ccccc2Br)o1. The number of carbonyl (C=O) groups is 1. The van der Waals surface area contributed by atoms with Crippen LogP contribution in [-0.4, -0.2) is 5.78 Å². The lowest BCUT2D eigenvalue weighted by Crippen LogP contribution is -2.11. The number of hydrogen-bond donors (Lipinski definition) is 0. The fourth-order valence-corrected chi connectivity index (χ4v) is 2.33. The molecule has 0 bridgehead atoms. The first-order valence-corrected chi connectivity index (χ1v) is 6.73. The van der Waals surface area contributed by atoms with E-state index in [2.05, 4.69) is 15.9 Å². The number of Topliss-reactive ketones (excluding diaryl/α,β-unsaturated/α-hetero) is 1. The molecule has 0 aliphatic carbocycles. The predicted molar refractivity (Wildman–Crippen MR) is 74.9 cm³/mol. The topological polar surface area (TPSA) is 54.0 Å². The second-order valence-electron chi connectivity index (χ2n) is 4.07. The van der Waals surface area contributed by atoms with Crippen molar-refractivity contribution in [2.75, 3.05) is 0 Å². The Balaban J connectivity index is 2.35. The highest BCUT2D eigenvalue weighted by Crippen LogP contribution is 2.28. The van der Waals surface area contributed by atoms with Crippen LogP contribution < -0.4 is 0 Å². The van der Waals surface area contributed by atoms with E-state index in [1.807, 2.05) is 25.1 Å². The summed E-state index contributed by atoms with van der Waals surface area (Å²) in [5.74, 6) is -0.188. The molecule has 1 aromatic carbocycles. The molecule has 96 valence electrons. The van der Waals surface area contributed by atoms with Gasteiger partial charge in [0, 0.05) is 10.9 Å². The van der Waals surface area contributed by atoms with Crippen LogP contribution in [0.5, 0.6) is 0 Å². The number of carbonyl (C=O) groups excluding carboxylic acids is 1. The molecular weight excluding hydrogens is 306 g/mol. The van der Waals surface area contributed by atoms with Crippen LogP contribution in [-0.2, 0) is 6.42 Å². The van der Waals surface area contributed by atoms with Gasteiger partial charge in [-0.25, -0.2) is 0 Å². The molecule has 0 fully saturated rings. The minimum absolute atomic E-state index is 0.235. The maximum Gasteiger partial charge on any atom is 0.219 e. The normalized spacial score (nSPS) is 11.8. The number of furan rings is 1. The van der Waals surface area contributed by atoms with Crippen molar-refractivity contribution in [1.82, 2.24) is 0 Å². The van der Waals surface area contributed by atoms with Crippen molar-refractivity contribution in [1.29, 1.82) is 5.26 Å². The van der Waals surface area contributed by atoms with Gasteiger partial charge in [0.1, 0.15) is 11.7 Å². The number of ketones is 1. The Morgan fingerprint density at radius 1 is 1.37 bits per heavy atom. The van der Waals surface area contributed by atoms with E-state index in [0.29, 0.717) is 5.56 Å². The lowest BCUT2D eigenvalue weighted by atomic mass is 9.95. The molecule has 19 heavy (non-hydrogen) atoms. The van der Waals surface area contributed by atoms with Crippen molar-refractivity contribution >= 4 is 21.7 Å². The Kier molecular flexibility index (Phi) is 4.18. The van der Waals surface area contributed by atoms with Crippen molar-refractivity contribution in [3.05, 3.63) is 58.0 Å². The Morgan fingerprint density at radius 2 is 2.11 bits per heavy atom. The Hall–Kier alpha value is -1.86. The largest absolute Gasteiger partial charge is 0.458 e. The van der Waals surface area contributed by atoms with Gasteiger partial charge in [0.25, 0.3) is 0 Å². The van der Waals surface area contributed by atoms with E-state index in [0.717, 1.165) is 16.7 Å². The van der Waals surface area contributed by atoms with Gasteiger partial charge in [0.05, 0.1) is 6.07 Å². The minimum atomic E-state index is -0.855. The van der Waals surface area contributed by atoms with Gasteiger partial charge in [-0.2, -0.15) is 5.26 Å². The molecule has 4 heteroatoms. The van der Waals surface area contributed by atoms with Gasteiger partial charge in [-0.05, 0) is 23.8 Å². The standard InChI is InChI=1S/C15H12BrNO2/c1-2-10-7-8-14(19-10)15(18)12(9-17)11-5-3-4-6-13(11)16/h3-8,12H,2H2,1H3. The van der Waals surface area contributed by atoms with Gasteiger partial charge >= 0.3 is 0 Å². The lowest BCUT2D eigenvalue weighted by Gasteiger charge is -2.08. The third kappa shape index (κ3) is 2.77. The number of nitriles is 1. The van der Waals surface area contributed by atoms with Crippen molar-refractivity contribution < 1.29 is 9.21 Å². The first-order chi connectivity index (χ1) is 9.17. The zero-order valence-corrected chi connectivity index (χ0v) is 12.0. The summed E-state index contributed by atoms with van der Waals surface area (Å²) in [5.41, 5.74) is 0.657. The fourth-order valence-electron chi connectivity index (χ4n) is 1.82. The van der Waals surface area contributed by atoms with Crippen LogP contribution in [0.3, 0.4) is 0 Å². The summed E-state index contributed by atoms with van der Waals surface area (Å²) in [6.45, 7) is 1.95. The quantitative estimate of drug-likeness (QED) is 0.798. The van der Waals surface area contributed by atoms with Crippen LogP contribution in [0.1, 0.15) is 34.7 Å². The predicted octanol–water partition coefficient (Wildman–Crippen LogP) is 4.09. The highest BCUT2D eigenvalue weighted by molar-refractivity contribution is 9.10. The van der Waals surface area contributed by atoms with Crippen molar-refractivity contribution in [2.45, 2.75) is 19.3 Å². The molecular formula is C15H12BrNO2. The third-order valence-corrected chi connectivity index (χ3v) is 3.58. The molecule has 0 saturated carbocycles. The highest BCUT2D eigenvalue weighted by atomic mass is 79.9. The molecule has 0 N–H and O–H groups in total. The molecule has 0 amide bonds. The molecule has 1 unspecified atom stereocenters. The number of aryl methyl sites for hydroxylation is 1. The minimum Gasteiger partial charge on any atom is -0.458 e. The average Bonchev–Trinajstić information content (AvgIpc) is 2.90. The van der Waals surface area contributed by atoms with Gasteiger partial charge in [0.2, 0.25) is 5.78 Å². The zero-order chi connectivity index (χ0) is 13.8. The Morgan fingerprint density at radius 3 is 2.68 bits per heavy atom. The van der Waals surface area contributed by atoms with Gasteiger partial charge in [-0.1, -0.05) is 41.1 Å². The molecule has 0 saturated heterocycles. The van der Waals surface area contributed by atoms with Crippen LogP contribution in [0.25, 0.3) is 0 Å². The van der Waals surface area contributed by atoms with E-state index in [1.165, 1.54) is 0 Å². The van der Waals surface area contributed by atoms with E-state index < -0.39 is 5.92 Å². The summed E-state index contributed by atoms with van der Waals surface area (Å²) in [5, 5.41) is 9.27. The molecule has 1 atom stereocenters. The molecule has 2 rings (SSSR count). The van der Waals surface area contributed by atoms with Gasteiger partial charge < -0.3 is 4.42 Å². The number of benzene rings is 1. The summed E-state index contributed by atoms with van der Waals surface area (Å²) in [6.07, 6.45) is 0.722. The number of halogens is 1. The molecule has 0 aliphatic heterocycles. The zero-order valence-electron chi connectivity index (χ0n) is 10.4. The van der Waals surface area contributed by atoms with Crippen LogP contribution in [0.4, 0.5) is 0 Å². The molecule has 0 radical (unpaired) electrons. The molecule has 0 spiro atoms. The van der Waals surface area contributed by atoms with E-state index in [1.54, 1.807) is 24.3 Å². The summed E-state index contributed by atoms with van der Waals surface area (Å²) in [4.78, 5) is 12.3. The Bertz CT molecular complexity index is 640. The molecule has 0 aliphatic rings. The van der Waals surface area contributed by atoms with E-state index in [-0.39, 0.29) is 11.5 Å².